The first-order valence-corrected chi connectivity index (χ1v) is 8.83. The van der Waals surface area contributed by atoms with Crippen molar-refractivity contribution in [2.45, 2.75) is 32.6 Å². The van der Waals surface area contributed by atoms with Crippen LogP contribution < -0.4 is 5.56 Å². The number of likely N-dealkylation sites (tertiary alicyclic amines) is 1. The summed E-state index contributed by atoms with van der Waals surface area (Å²) in [6.45, 7) is 4.97. The van der Waals surface area contributed by atoms with Crippen LogP contribution in [0.5, 0.6) is 0 Å². The number of aromatic amines is 2. The van der Waals surface area contributed by atoms with Gasteiger partial charge in [-0.15, -0.1) is 0 Å². The number of nitrogens with zero attached hydrogens (tertiary/aromatic N) is 3. The molecule has 26 heavy (non-hydrogen) atoms. The monoisotopic (exact) mass is 351 g/mol. The van der Waals surface area contributed by atoms with Crippen LogP contribution in [0.25, 0.3) is 11.0 Å². The minimum Gasteiger partial charge on any atom is -0.342 e. The third-order valence-corrected chi connectivity index (χ3v) is 4.85. The summed E-state index contributed by atoms with van der Waals surface area (Å²) in [6.07, 6.45) is 1.83. The summed E-state index contributed by atoms with van der Waals surface area (Å²) in [6, 6.07) is 7.10. The molecule has 0 saturated carbocycles. The van der Waals surface area contributed by atoms with Crippen molar-refractivity contribution in [2.24, 2.45) is 0 Å². The van der Waals surface area contributed by atoms with E-state index in [1.54, 1.807) is 13.0 Å². The Bertz CT molecular complexity index is 1040. The van der Waals surface area contributed by atoms with Gasteiger partial charge in [-0.1, -0.05) is 0 Å². The van der Waals surface area contributed by atoms with Crippen molar-refractivity contribution in [1.82, 2.24) is 24.8 Å². The van der Waals surface area contributed by atoms with Crippen LogP contribution in [0.2, 0.25) is 0 Å². The van der Waals surface area contributed by atoms with Gasteiger partial charge in [0, 0.05) is 30.6 Å². The summed E-state index contributed by atoms with van der Waals surface area (Å²) in [5.41, 5.74) is 3.00. The van der Waals surface area contributed by atoms with Gasteiger partial charge in [0.05, 0.1) is 16.7 Å². The van der Waals surface area contributed by atoms with E-state index < -0.39 is 0 Å². The van der Waals surface area contributed by atoms with E-state index in [-0.39, 0.29) is 17.4 Å². The van der Waals surface area contributed by atoms with Crippen LogP contribution in [0, 0.1) is 13.8 Å². The molecule has 1 atom stereocenters. The molecule has 1 fully saturated rings. The summed E-state index contributed by atoms with van der Waals surface area (Å²) < 4.78 is 0. The highest BCUT2D eigenvalue weighted by atomic mass is 16.2. The number of carbonyl (C=O) groups is 1. The third kappa shape index (κ3) is 3.12. The minimum absolute atomic E-state index is 0.00501. The second-order valence-electron chi connectivity index (χ2n) is 6.90. The van der Waals surface area contributed by atoms with Gasteiger partial charge in [-0.05, 0) is 44.9 Å². The molecule has 0 aliphatic carbocycles. The van der Waals surface area contributed by atoms with Crippen LogP contribution in [0.3, 0.4) is 0 Å². The molecule has 4 rings (SSSR count). The number of benzene rings is 1. The van der Waals surface area contributed by atoms with Crippen molar-refractivity contribution in [3.63, 3.8) is 0 Å². The summed E-state index contributed by atoms with van der Waals surface area (Å²) in [5, 5.41) is 0. The average molecular weight is 351 g/mol. The molecule has 7 nitrogen and oxygen atoms in total. The van der Waals surface area contributed by atoms with Crippen molar-refractivity contribution < 1.29 is 4.79 Å². The molecule has 1 saturated heterocycles. The van der Waals surface area contributed by atoms with Crippen molar-refractivity contribution in [3.05, 3.63) is 57.5 Å². The Kier molecular flexibility index (Phi) is 4.06. The van der Waals surface area contributed by atoms with Crippen molar-refractivity contribution in [3.8, 4) is 0 Å². The number of nitrogens with one attached hydrogen (secondary N) is 2. The maximum absolute atomic E-state index is 13.0. The van der Waals surface area contributed by atoms with E-state index in [1.165, 1.54) is 0 Å². The Morgan fingerprint density at radius 1 is 1.15 bits per heavy atom. The third-order valence-electron chi connectivity index (χ3n) is 4.85. The second kappa shape index (κ2) is 6.40. The Labute approximate surface area is 150 Å². The number of carbonyl (C=O) groups excluding carboxylic acids is 1. The van der Waals surface area contributed by atoms with Gasteiger partial charge in [-0.2, -0.15) is 0 Å². The smallest absolute Gasteiger partial charge is 0.253 e. The molecule has 1 aliphatic rings. The van der Waals surface area contributed by atoms with Gasteiger partial charge in [0.2, 0.25) is 0 Å². The quantitative estimate of drug-likeness (QED) is 0.740. The molecule has 3 aromatic rings. The van der Waals surface area contributed by atoms with Gasteiger partial charge in [-0.3, -0.25) is 9.59 Å². The fourth-order valence-electron chi connectivity index (χ4n) is 3.67. The molecule has 2 aromatic heterocycles. The zero-order valence-electron chi connectivity index (χ0n) is 14.9. The van der Waals surface area contributed by atoms with E-state index in [4.69, 9.17) is 0 Å². The molecule has 1 aromatic carbocycles. The number of aryl methyl sites for hydroxylation is 2. The number of H-pyrrole nitrogens is 2. The van der Waals surface area contributed by atoms with Gasteiger partial charge >= 0.3 is 0 Å². The highest BCUT2D eigenvalue weighted by Crippen LogP contribution is 2.26. The SMILES string of the molecule is Cc1nc([C@@H]2CCCN(C(=O)c3ccc4nc(C)[nH]c4c3)C2)cc(=O)[nH]1. The molecular weight excluding hydrogens is 330 g/mol. The number of amides is 1. The Morgan fingerprint density at radius 2 is 1.96 bits per heavy atom. The lowest BCUT2D eigenvalue weighted by atomic mass is 9.94. The fraction of sp³-hybridized carbons (Fsp3) is 0.368. The molecule has 0 spiro atoms. The summed E-state index contributed by atoms with van der Waals surface area (Å²) >= 11 is 0. The number of fused-ring (bicyclic) bond motifs is 1. The molecule has 1 amide bonds. The molecule has 0 radical (unpaired) electrons. The van der Waals surface area contributed by atoms with Gasteiger partial charge in [0.1, 0.15) is 11.6 Å². The number of aromatic nitrogens is 4. The predicted octanol–water partition coefficient (Wildman–Crippen LogP) is 2.28. The van der Waals surface area contributed by atoms with Gasteiger partial charge in [0.15, 0.2) is 0 Å². The lowest BCUT2D eigenvalue weighted by Gasteiger charge is -2.32. The zero-order valence-corrected chi connectivity index (χ0v) is 14.9. The first-order chi connectivity index (χ1) is 12.5. The summed E-state index contributed by atoms with van der Waals surface area (Å²) in [7, 11) is 0. The van der Waals surface area contributed by atoms with E-state index in [0.29, 0.717) is 17.9 Å². The molecule has 3 heterocycles. The topological polar surface area (TPSA) is 94.7 Å². The number of imidazole rings is 1. The van der Waals surface area contributed by atoms with Crippen LogP contribution in [0.4, 0.5) is 0 Å². The minimum atomic E-state index is -0.143. The Balaban J connectivity index is 1.58. The maximum Gasteiger partial charge on any atom is 0.253 e. The molecule has 1 aliphatic heterocycles. The van der Waals surface area contributed by atoms with Crippen molar-refractivity contribution >= 4 is 16.9 Å². The van der Waals surface area contributed by atoms with Gasteiger partial charge < -0.3 is 14.9 Å². The van der Waals surface area contributed by atoms with Crippen molar-refractivity contribution in [1.29, 1.82) is 0 Å². The van der Waals surface area contributed by atoms with Crippen LogP contribution in [0.1, 0.15) is 46.5 Å². The number of hydrogen-bond donors (Lipinski definition) is 2. The van der Waals surface area contributed by atoms with Crippen LogP contribution in [0.15, 0.2) is 29.1 Å². The van der Waals surface area contributed by atoms with E-state index in [9.17, 15) is 9.59 Å². The van der Waals surface area contributed by atoms with Crippen LogP contribution in [-0.4, -0.2) is 43.8 Å². The van der Waals surface area contributed by atoms with Crippen molar-refractivity contribution in [2.75, 3.05) is 13.1 Å². The van der Waals surface area contributed by atoms with Crippen LogP contribution >= 0.6 is 0 Å². The zero-order chi connectivity index (χ0) is 18.3. The Hall–Kier alpha value is -2.96. The second-order valence-corrected chi connectivity index (χ2v) is 6.90. The lowest BCUT2D eigenvalue weighted by molar-refractivity contribution is 0.0706. The van der Waals surface area contributed by atoms with Gasteiger partial charge in [-0.25, -0.2) is 9.97 Å². The largest absolute Gasteiger partial charge is 0.342 e. The highest BCUT2D eigenvalue weighted by Gasteiger charge is 2.27. The van der Waals surface area contributed by atoms with E-state index in [2.05, 4.69) is 19.9 Å². The number of piperidine rings is 1. The molecule has 134 valence electrons. The first kappa shape index (κ1) is 16.5. The van der Waals surface area contributed by atoms with Gasteiger partial charge in [0.25, 0.3) is 11.5 Å². The summed E-state index contributed by atoms with van der Waals surface area (Å²) in [4.78, 5) is 41.2. The standard InChI is InChI=1S/C19H21N5O2/c1-11-20-15-6-5-13(8-17(15)22-11)19(26)24-7-3-4-14(10-24)16-9-18(25)23-12(2)21-16/h5-6,8-9,14H,3-4,7,10H2,1-2H3,(H,20,22)(H,21,23,25)/t14-/m1/s1. The normalized spacial score (nSPS) is 17.6. The predicted molar refractivity (Wildman–Crippen MR) is 98.3 cm³/mol. The first-order valence-electron chi connectivity index (χ1n) is 8.83. The number of rotatable bonds is 2. The molecule has 0 unspecified atom stereocenters. The molecule has 7 heteroatoms. The molecule has 0 bridgehead atoms. The van der Waals surface area contributed by atoms with Crippen LogP contribution in [-0.2, 0) is 0 Å². The highest BCUT2D eigenvalue weighted by molar-refractivity contribution is 5.97. The Morgan fingerprint density at radius 3 is 2.77 bits per heavy atom. The summed E-state index contributed by atoms with van der Waals surface area (Å²) in [5.74, 6) is 1.53. The molecular formula is C19H21N5O2. The maximum atomic E-state index is 13.0. The number of hydrogen-bond acceptors (Lipinski definition) is 4. The van der Waals surface area contributed by atoms with E-state index >= 15 is 0 Å². The molecule has 2 N–H and O–H groups in total. The fourth-order valence-corrected chi connectivity index (χ4v) is 3.67. The van der Waals surface area contributed by atoms with E-state index in [0.717, 1.165) is 41.9 Å². The van der Waals surface area contributed by atoms with E-state index in [1.807, 2.05) is 30.0 Å². The average Bonchev–Trinajstić information content (AvgIpc) is 2.99. The lowest BCUT2D eigenvalue weighted by Crippen LogP contribution is -2.39.